The van der Waals surface area contributed by atoms with E-state index in [1.165, 1.54) is 0 Å². The molecule has 1 aliphatic rings. The van der Waals surface area contributed by atoms with E-state index in [1.54, 1.807) is 11.2 Å². The highest BCUT2D eigenvalue weighted by molar-refractivity contribution is 7.80. The van der Waals surface area contributed by atoms with Gasteiger partial charge in [0, 0.05) is 12.7 Å². The lowest BCUT2D eigenvalue weighted by atomic mass is 10.5. The molecule has 0 saturated carbocycles. The molecular weight excluding hydrogens is 180 g/mol. The maximum Gasteiger partial charge on any atom is 0.192 e. The molecule has 0 radical (unpaired) electrons. The fourth-order valence-electron chi connectivity index (χ4n) is 0.664. The first-order valence-electron chi connectivity index (χ1n) is 3.00. The van der Waals surface area contributed by atoms with Crippen molar-refractivity contribution in [2.75, 3.05) is 6.54 Å². The summed E-state index contributed by atoms with van der Waals surface area (Å²) in [6.45, 7) is 0.744. The van der Waals surface area contributed by atoms with Crippen LogP contribution in [0, 0.1) is 0 Å². The van der Waals surface area contributed by atoms with Crippen molar-refractivity contribution in [3.05, 3.63) is 12.3 Å². The van der Waals surface area contributed by atoms with E-state index in [2.05, 4.69) is 23.0 Å². The van der Waals surface area contributed by atoms with Crippen LogP contribution in [0.15, 0.2) is 12.3 Å². The topological polar surface area (TPSA) is 53.3 Å². The van der Waals surface area contributed by atoms with Crippen molar-refractivity contribution in [2.45, 2.75) is 0 Å². The first-order valence-corrected chi connectivity index (χ1v) is 3.81. The Hall–Kier alpha value is -0.880. The summed E-state index contributed by atoms with van der Waals surface area (Å²) in [6, 6.07) is 0. The van der Waals surface area contributed by atoms with E-state index in [9.17, 15) is 0 Å². The van der Waals surface area contributed by atoms with Crippen molar-refractivity contribution in [3.63, 3.8) is 0 Å². The molecule has 0 bridgehead atoms. The zero-order valence-corrected chi connectivity index (χ0v) is 7.34. The predicted octanol–water partition coefficient (Wildman–Crippen LogP) is -0.562. The van der Waals surface area contributed by atoms with Crippen LogP contribution in [0.3, 0.4) is 0 Å². The molecule has 0 saturated heterocycles. The molecule has 0 aliphatic carbocycles. The molecular formula is C5H8N4S2. The van der Waals surface area contributed by atoms with E-state index in [-0.39, 0.29) is 5.11 Å². The van der Waals surface area contributed by atoms with Crippen LogP contribution in [0.25, 0.3) is 0 Å². The first kappa shape index (κ1) is 8.22. The fraction of sp³-hybridized carbons (Fsp3) is 0.200. The number of hydrogen-bond acceptors (Lipinski definition) is 2. The van der Waals surface area contributed by atoms with Gasteiger partial charge in [-0.25, -0.2) is 5.01 Å². The van der Waals surface area contributed by atoms with Gasteiger partial charge in [0.1, 0.15) is 0 Å². The summed E-state index contributed by atoms with van der Waals surface area (Å²) < 4.78 is 0. The van der Waals surface area contributed by atoms with Gasteiger partial charge in [-0.2, -0.15) is 0 Å². The Kier molecular flexibility index (Phi) is 2.61. The Labute approximate surface area is 75.4 Å². The lowest BCUT2D eigenvalue weighted by Crippen LogP contribution is -2.51. The van der Waals surface area contributed by atoms with Gasteiger partial charge in [-0.3, -0.25) is 5.43 Å². The minimum atomic E-state index is 0.195. The zero-order valence-electron chi connectivity index (χ0n) is 5.70. The SMILES string of the molecule is NC(=S)NN1C=CCNC1=S. The van der Waals surface area contributed by atoms with Crippen molar-refractivity contribution in [1.29, 1.82) is 0 Å². The summed E-state index contributed by atoms with van der Waals surface area (Å²) in [5.41, 5.74) is 7.93. The van der Waals surface area contributed by atoms with E-state index in [4.69, 9.17) is 18.0 Å². The highest BCUT2D eigenvalue weighted by Gasteiger charge is 2.08. The summed E-state index contributed by atoms with van der Waals surface area (Å²) in [4.78, 5) is 0. The van der Waals surface area contributed by atoms with Crippen molar-refractivity contribution in [1.82, 2.24) is 15.8 Å². The molecule has 4 nitrogen and oxygen atoms in total. The molecule has 0 atom stereocenters. The van der Waals surface area contributed by atoms with Gasteiger partial charge in [0.15, 0.2) is 10.2 Å². The largest absolute Gasteiger partial charge is 0.375 e. The molecule has 0 aromatic rings. The highest BCUT2D eigenvalue weighted by atomic mass is 32.1. The third-order valence-electron chi connectivity index (χ3n) is 1.08. The molecule has 1 rings (SSSR count). The molecule has 0 aromatic heterocycles. The van der Waals surface area contributed by atoms with Gasteiger partial charge in [-0.1, -0.05) is 0 Å². The van der Waals surface area contributed by atoms with E-state index in [1.807, 2.05) is 6.08 Å². The van der Waals surface area contributed by atoms with Gasteiger partial charge < -0.3 is 11.1 Å². The average molecular weight is 188 g/mol. The molecule has 0 spiro atoms. The summed E-state index contributed by atoms with van der Waals surface area (Å²) >= 11 is 9.56. The third kappa shape index (κ3) is 2.32. The molecule has 60 valence electrons. The van der Waals surface area contributed by atoms with E-state index in [0.29, 0.717) is 5.11 Å². The molecule has 4 N–H and O–H groups in total. The van der Waals surface area contributed by atoms with Crippen molar-refractivity contribution < 1.29 is 0 Å². The highest BCUT2D eigenvalue weighted by Crippen LogP contribution is 1.91. The van der Waals surface area contributed by atoms with Gasteiger partial charge in [-0.05, 0) is 30.5 Å². The van der Waals surface area contributed by atoms with Crippen LogP contribution in [0.5, 0.6) is 0 Å². The first-order chi connectivity index (χ1) is 5.20. The van der Waals surface area contributed by atoms with Crippen molar-refractivity contribution in [2.24, 2.45) is 5.73 Å². The maximum absolute atomic E-state index is 5.24. The van der Waals surface area contributed by atoms with E-state index < -0.39 is 0 Å². The molecule has 1 heterocycles. The minimum absolute atomic E-state index is 0.195. The molecule has 0 unspecified atom stereocenters. The Morgan fingerprint density at radius 1 is 1.82 bits per heavy atom. The smallest absolute Gasteiger partial charge is 0.192 e. The monoisotopic (exact) mass is 188 g/mol. The standard InChI is InChI=1S/C5H8N4S2/c6-4(10)8-9-3-1-2-7-5(9)11/h1,3H,2H2,(H,7,11)(H3,6,8,10). The van der Waals surface area contributed by atoms with E-state index >= 15 is 0 Å². The number of hydrazine groups is 1. The van der Waals surface area contributed by atoms with Gasteiger partial charge in [0.25, 0.3) is 0 Å². The molecule has 1 aliphatic heterocycles. The second kappa shape index (κ2) is 3.49. The molecule has 11 heavy (non-hydrogen) atoms. The lowest BCUT2D eigenvalue weighted by Gasteiger charge is -2.25. The Morgan fingerprint density at radius 3 is 3.09 bits per heavy atom. The summed E-state index contributed by atoms with van der Waals surface area (Å²) in [5, 5.41) is 5.25. The van der Waals surface area contributed by atoms with Crippen molar-refractivity contribution in [3.8, 4) is 0 Å². The second-order valence-electron chi connectivity index (χ2n) is 1.92. The molecule has 0 amide bonds. The van der Waals surface area contributed by atoms with Crippen LogP contribution in [0.1, 0.15) is 0 Å². The summed E-state index contributed by atoms with van der Waals surface area (Å²) in [5.74, 6) is 0. The average Bonchev–Trinajstić information content (AvgIpc) is 1.93. The molecule has 0 aromatic carbocycles. The van der Waals surface area contributed by atoms with Crippen LogP contribution in [0.2, 0.25) is 0 Å². The van der Waals surface area contributed by atoms with Gasteiger partial charge in [-0.15, -0.1) is 0 Å². The zero-order chi connectivity index (χ0) is 8.27. The van der Waals surface area contributed by atoms with E-state index in [0.717, 1.165) is 6.54 Å². The number of nitrogens with one attached hydrogen (secondary N) is 2. The van der Waals surface area contributed by atoms with Crippen LogP contribution in [0.4, 0.5) is 0 Å². The summed E-state index contributed by atoms with van der Waals surface area (Å²) in [6.07, 6.45) is 3.68. The number of hydrogen-bond donors (Lipinski definition) is 3. The predicted molar refractivity (Wildman–Crippen MR) is 51.5 cm³/mol. The van der Waals surface area contributed by atoms with Crippen LogP contribution < -0.4 is 16.5 Å². The molecule has 6 heteroatoms. The van der Waals surface area contributed by atoms with Gasteiger partial charge >= 0.3 is 0 Å². The Balaban J connectivity index is 2.55. The number of thiocarbonyl (C=S) groups is 2. The summed E-state index contributed by atoms with van der Waals surface area (Å²) in [7, 11) is 0. The van der Waals surface area contributed by atoms with Crippen LogP contribution in [-0.2, 0) is 0 Å². The van der Waals surface area contributed by atoms with Gasteiger partial charge in [0.05, 0.1) is 0 Å². The second-order valence-corrected chi connectivity index (χ2v) is 2.74. The van der Waals surface area contributed by atoms with Gasteiger partial charge in [0.2, 0.25) is 0 Å². The van der Waals surface area contributed by atoms with Crippen LogP contribution in [-0.4, -0.2) is 21.8 Å². The van der Waals surface area contributed by atoms with Crippen molar-refractivity contribution >= 4 is 34.7 Å². The number of rotatable bonds is 1. The minimum Gasteiger partial charge on any atom is -0.375 e. The third-order valence-corrected chi connectivity index (χ3v) is 1.51. The fourth-order valence-corrected chi connectivity index (χ4v) is 0.952. The van der Waals surface area contributed by atoms with Crippen LogP contribution >= 0.6 is 24.4 Å². The Bertz CT molecular complexity index is 213. The normalized spacial score (nSPS) is 16.0. The number of nitrogens with two attached hydrogens (primary N) is 1. The quantitative estimate of drug-likeness (QED) is 0.480. The number of nitrogens with zero attached hydrogens (tertiary/aromatic N) is 1. The molecule has 0 fully saturated rings. The Morgan fingerprint density at radius 2 is 2.55 bits per heavy atom. The maximum atomic E-state index is 5.24. The lowest BCUT2D eigenvalue weighted by molar-refractivity contribution is 0.487.